The van der Waals surface area contributed by atoms with Gasteiger partial charge in [-0.25, -0.2) is 4.79 Å². The molecule has 1 fully saturated rings. The van der Waals surface area contributed by atoms with Crippen LogP contribution in [-0.2, 0) is 4.74 Å². The van der Waals surface area contributed by atoms with Gasteiger partial charge in [0.25, 0.3) is 5.56 Å². The third-order valence-corrected chi connectivity index (χ3v) is 3.47. The summed E-state index contributed by atoms with van der Waals surface area (Å²) < 4.78 is 6.49. The standard InChI is InChI=1S/C11H12BrClN2O5/c12-2-1-5-4-15(11(19)14-10(5)18)7-3-6(16)8(20-7)9(13)17/h1-2,4,6-9,16-17H,3H2,(H,14,18,19)/b2-1+/t6-,7+,8-,9?/m0/s1. The molecule has 1 unspecified atom stereocenters. The van der Waals surface area contributed by atoms with Gasteiger partial charge in [-0.2, -0.15) is 0 Å². The van der Waals surface area contributed by atoms with Crippen molar-refractivity contribution < 1.29 is 14.9 Å². The maximum Gasteiger partial charge on any atom is 0.330 e. The van der Waals surface area contributed by atoms with Crippen molar-refractivity contribution in [2.45, 2.75) is 30.4 Å². The maximum atomic E-state index is 11.8. The maximum absolute atomic E-state index is 11.8. The highest BCUT2D eigenvalue weighted by Gasteiger charge is 2.39. The van der Waals surface area contributed by atoms with Crippen molar-refractivity contribution in [3.05, 3.63) is 37.6 Å². The molecule has 0 aromatic carbocycles. The molecule has 0 spiro atoms. The Labute approximate surface area is 126 Å². The fourth-order valence-electron chi connectivity index (χ4n) is 2.00. The lowest BCUT2D eigenvalue weighted by Gasteiger charge is -2.17. The first-order chi connectivity index (χ1) is 9.43. The van der Waals surface area contributed by atoms with Crippen LogP contribution in [0.25, 0.3) is 6.08 Å². The Bertz CT molecular complexity index is 626. The van der Waals surface area contributed by atoms with Crippen molar-refractivity contribution in [1.82, 2.24) is 9.55 Å². The molecule has 0 radical (unpaired) electrons. The first-order valence-electron chi connectivity index (χ1n) is 5.72. The summed E-state index contributed by atoms with van der Waals surface area (Å²) in [5.74, 6) is 0. The lowest BCUT2D eigenvalue weighted by Crippen LogP contribution is -2.34. The zero-order valence-electron chi connectivity index (χ0n) is 10.1. The van der Waals surface area contributed by atoms with Crippen LogP contribution in [0.2, 0.25) is 0 Å². The number of alkyl halides is 1. The molecule has 110 valence electrons. The highest BCUT2D eigenvalue weighted by Crippen LogP contribution is 2.30. The number of nitrogens with one attached hydrogen (secondary N) is 1. The number of aromatic amines is 1. The second kappa shape index (κ2) is 6.23. The normalized spacial score (nSPS) is 28.1. The highest BCUT2D eigenvalue weighted by atomic mass is 79.9. The van der Waals surface area contributed by atoms with E-state index in [1.54, 1.807) is 0 Å². The number of ether oxygens (including phenoxy) is 1. The van der Waals surface area contributed by atoms with Crippen LogP contribution < -0.4 is 11.2 Å². The van der Waals surface area contributed by atoms with Crippen molar-refractivity contribution >= 4 is 33.6 Å². The molecule has 4 atom stereocenters. The van der Waals surface area contributed by atoms with Gasteiger partial charge in [-0.1, -0.05) is 27.5 Å². The quantitative estimate of drug-likeness (QED) is 0.658. The van der Waals surface area contributed by atoms with E-state index in [1.165, 1.54) is 17.3 Å². The summed E-state index contributed by atoms with van der Waals surface area (Å²) in [6, 6.07) is 0. The number of rotatable bonds is 3. The van der Waals surface area contributed by atoms with Crippen LogP contribution in [0.3, 0.4) is 0 Å². The summed E-state index contributed by atoms with van der Waals surface area (Å²) in [6.45, 7) is 0. The number of halogens is 2. The van der Waals surface area contributed by atoms with E-state index in [2.05, 4.69) is 20.9 Å². The number of aromatic nitrogens is 2. The lowest BCUT2D eigenvalue weighted by atomic mass is 10.2. The highest BCUT2D eigenvalue weighted by molar-refractivity contribution is 9.11. The Morgan fingerprint density at radius 2 is 2.30 bits per heavy atom. The Morgan fingerprint density at radius 3 is 2.85 bits per heavy atom. The van der Waals surface area contributed by atoms with E-state index in [9.17, 15) is 19.8 Å². The Balaban J connectivity index is 2.37. The van der Waals surface area contributed by atoms with Gasteiger partial charge < -0.3 is 14.9 Å². The van der Waals surface area contributed by atoms with E-state index in [4.69, 9.17) is 16.3 Å². The van der Waals surface area contributed by atoms with Crippen LogP contribution in [0.1, 0.15) is 18.2 Å². The smallest absolute Gasteiger partial charge is 0.330 e. The third kappa shape index (κ3) is 3.04. The molecule has 3 N–H and O–H groups in total. The average molecular weight is 368 g/mol. The summed E-state index contributed by atoms with van der Waals surface area (Å²) in [4.78, 5) is 26.9. The molecule has 2 rings (SSSR count). The van der Waals surface area contributed by atoms with E-state index in [-0.39, 0.29) is 12.0 Å². The zero-order valence-corrected chi connectivity index (χ0v) is 12.4. The number of aliphatic hydroxyl groups excluding tert-OH is 2. The molecule has 1 saturated heterocycles. The van der Waals surface area contributed by atoms with Crippen LogP contribution in [0, 0.1) is 0 Å². The minimum absolute atomic E-state index is 0.0812. The first kappa shape index (κ1) is 15.5. The van der Waals surface area contributed by atoms with Crippen LogP contribution >= 0.6 is 27.5 Å². The summed E-state index contributed by atoms with van der Waals surface area (Å²) in [6.07, 6.45) is 0.0676. The molecule has 20 heavy (non-hydrogen) atoms. The second-order valence-corrected chi connectivity index (χ2v) is 5.25. The fourth-order valence-corrected chi connectivity index (χ4v) is 2.51. The molecule has 1 aromatic heterocycles. The number of hydrogen-bond acceptors (Lipinski definition) is 5. The first-order valence-corrected chi connectivity index (χ1v) is 7.07. The van der Waals surface area contributed by atoms with Gasteiger partial charge in [-0.15, -0.1) is 0 Å². The summed E-state index contributed by atoms with van der Waals surface area (Å²) in [7, 11) is 0. The molecular formula is C11H12BrClN2O5. The monoisotopic (exact) mass is 366 g/mol. The van der Waals surface area contributed by atoms with Crippen molar-refractivity contribution in [1.29, 1.82) is 0 Å². The number of hydrogen-bond donors (Lipinski definition) is 3. The molecule has 0 bridgehead atoms. The van der Waals surface area contributed by atoms with Crippen LogP contribution in [0.4, 0.5) is 0 Å². The van der Waals surface area contributed by atoms with Gasteiger partial charge in [-0.05, 0) is 11.1 Å². The van der Waals surface area contributed by atoms with Crippen molar-refractivity contribution in [2.75, 3.05) is 0 Å². The van der Waals surface area contributed by atoms with E-state index in [0.717, 1.165) is 4.57 Å². The van der Waals surface area contributed by atoms with Crippen LogP contribution in [0.15, 0.2) is 20.8 Å². The molecule has 1 aliphatic rings. The Morgan fingerprint density at radius 1 is 1.60 bits per heavy atom. The molecule has 1 aromatic rings. The Kier molecular flexibility index (Phi) is 4.82. The molecule has 7 nitrogen and oxygen atoms in total. The topological polar surface area (TPSA) is 105 Å². The molecule has 2 heterocycles. The minimum Gasteiger partial charge on any atom is -0.390 e. The van der Waals surface area contributed by atoms with Crippen molar-refractivity contribution in [3.63, 3.8) is 0 Å². The van der Waals surface area contributed by atoms with E-state index in [0.29, 0.717) is 0 Å². The van der Waals surface area contributed by atoms with Gasteiger partial charge in [-0.3, -0.25) is 14.3 Å². The van der Waals surface area contributed by atoms with Crippen LogP contribution in [-0.4, -0.2) is 37.5 Å². The fraction of sp³-hybridized carbons (Fsp3) is 0.455. The zero-order chi connectivity index (χ0) is 14.9. The molecule has 9 heteroatoms. The summed E-state index contributed by atoms with van der Waals surface area (Å²) in [5, 5.41) is 19.0. The largest absolute Gasteiger partial charge is 0.390 e. The van der Waals surface area contributed by atoms with Gasteiger partial charge in [0, 0.05) is 12.6 Å². The van der Waals surface area contributed by atoms with Crippen molar-refractivity contribution in [3.8, 4) is 0 Å². The molecular weight excluding hydrogens is 355 g/mol. The summed E-state index contributed by atoms with van der Waals surface area (Å²) in [5.41, 5.74) is -2.33. The second-order valence-electron chi connectivity index (χ2n) is 4.27. The van der Waals surface area contributed by atoms with E-state index < -0.39 is 35.2 Å². The number of H-pyrrole nitrogens is 1. The van der Waals surface area contributed by atoms with Crippen molar-refractivity contribution in [2.24, 2.45) is 0 Å². The molecule has 0 amide bonds. The Hall–Kier alpha value is -0.930. The van der Waals surface area contributed by atoms with E-state index >= 15 is 0 Å². The predicted molar refractivity (Wildman–Crippen MR) is 75.7 cm³/mol. The average Bonchev–Trinajstić information content (AvgIpc) is 2.75. The van der Waals surface area contributed by atoms with Gasteiger partial charge in [0.1, 0.15) is 12.3 Å². The minimum atomic E-state index is -1.38. The number of aliphatic hydroxyl groups is 2. The van der Waals surface area contributed by atoms with Gasteiger partial charge in [0.15, 0.2) is 5.56 Å². The lowest BCUT2D eigenvalue weighted by molar-refractivity contribution is -0.0586. The van der Waals surface area contributed by atoms with Crippen LogP contribution in [0.5, 0.6) is 0 Å². The van der Waals surface area contributed by atoms with E-state index in [1.807, 2.05) is 0 Å². The third-order valence-electron chi connectivity index (χ3n) is 2.96. The molecule has 0 saturated carbocycles. The molecule has 1 aliphatic heterocycles. The SMILES string of the molecule is O=c1[nH]c(=O)n([C@H]2C[C@H](O)[C@@H](C(O)Cl)O2)cc1/C=C/Br. The number of nitrogens with zero attached hydrogens (tertiary/aromatic N) is 1. The predicted octanol–water partition coefficient (Wildman–Crippen LogP) is 0.108. The summed E-state index contributed by atoms with van der Waals surface area (Å²) >= 11 is 8.53. The van der Waals surface area contributed by atoms with Gasteiger partial charge >= 0.3 is 5.69 Å². The van der Waals surface area contributed by atoms with Gasteiger partial charge in [0.05, 0.1) is 11.7 Å². The molecule has 0 aliphatic carbocycles. The van der Waals surface area contributed by atoms with Gasteiger partial charge in [0.2, 0.25) is 0 Å².